The highest BCUT2D eigenvalue weighted by Crippen LogP contribution is 2.43. The number of rotatable bonds is 23. The number of aromatic nitrogens is 2. The molecular weight excluding hydrogens is 833 g/mol. The lowest BCUT2D eigenvalue weighted by Crippen LogP contribution is -2.48. The Labute approximate surface area is 389 Å². The van der Waals surface area contributed by atoms with Crippen molar-refractivity contribution in [2.75, 3.05) is 44.7 Å². The van der Waals surface area contributed by atoms with Crippen LogP contribution in [0.5, 0.6) is 0 Å². The van der Waals surface area contributed by atoms with E-state index in [0.717, 1.165) is 25.7 Å². The summed E-state index contributed by atoms with van der Waals surface area (Å²) in [6.45, 7) is 4.07. The van der Waals surface area contributed by atoms with Gasteiger partial charge in [-0.25, -0.2) is 4.79 Å². The lowest BCUT2D eigenvalue weighted by atomic mass is 9.94. The average molecular weight is 901 g/mol. The highest BCUT2D eigenvalue weighted by molar-refractivity contribution is 5.97. The zero-order valence-corrected chi connectivity index (χ0v) is 38.7. The number of urea groups is 1. The molecule has 5 amide bonds. The van der Waals surface area contributed by atoms with Gasteiger partial charge in [0.05, 0.1) is 30.5 Å². The summed E-state index contributed by atoms with van der Waals surface area (Å²) < 4.78 is 11.8. The topological polar surface area (TPSA) is 171 Å². The van der Waals surface area contributed by atoms with E-state index in [9.17, 15) is 19.2 Å². The van der Waals surface area contributed by atoms with Gasteiger partial charge in [0.2, 0.25) is 17.7 Å². The molecule has 352 valence electrons. The maximum absolute atomic E-state index is 14.0. The third-order valence-corrected chi connectivity index (χ3v) is 14.0. The summed E-state index contributed by atoms with van der Waals surface area (Å²) in [5.41, 5.74) is 3.43. The Balaban J connectivity index is 0.817. The fourth-order valence-electron chi connectivity index (χ4n) is 9.84. The zero-order chi connectivity index (χ0) is 45.8. The summed E-state index contributed by atoms with van der Waals surface area (Å²) in [5, 5.41) is 21.1. The SMILES string of the molecule is CCCCCCCCCCCCCNC(=O)N[C@H]1CN(c2nnc(-c3ccc(C(=O)N4C[C@@H](C(=O)N[C@H]5C[C@@H]5c5ccccc5)[C@H](C(=O)N[C@H]5C[C@@H]5c5ccccc5)C4)cc3)o2)C[C@@H]1OC. The monoisotopic (exact) mass is 901 g/mol. The Kier molecular flexibility index (Phi) is 16.0. The molecule has 1 aromatic heterocycles. The van der Waals surface area contributed by atoms with E-state index >= 15 is 0 Å². The van der Waals surface area contributed by atoms with Crippen molar-refractivity contribution in [3.8, 4) is 11.5 Å². The molecule has 2 saturated heterocycles. The molecule has 4 aliphatic rings. The van der Waals surface area contributed by atoms with Crippen LogP contribution in [-0.2, 0) is 14.3 Å². The van der Waals surface area contributed by atoms with Gasteiger partial charge in [0.15, 0.2) is 0 Å². The van der Waals surface area contributed by atoms with E-state index in [1.54, 1.807) is 36.3 Å². The standard InChI is InChI=1S/C52H68N8O6/c1-3-4-5-6-7-8-9-10-11-12-19-28-53-51(64)56-45-33-60(34-46(45)65-2)52-58-57-49(66-52)37-24-26-38(27-25-37)50(63)59-31-41(47(61)54-43-29-39(43)35-20-15-13-16-21-35)42(32-59)48(62)55-44-30-40(44)36-22-17-14-18-23-36/h13-18,20-27,39-46H,3-12,19,28-34H2,1-2H3,(H,54,61)(H,55,62)(H2,53,56,64)/t39-,40-,41-,42-,43+,44+,45+,46+/m1/s1. The van der Waals surface area contributed by atoms with Crippen molar-refractivity contribution in [1.29, 1.82) is 0 Å². The number of likely N-dealkylation sites (tertiary alicyclic amines) is 1. The Morgan fingerprint density at radius 3 is 1.73 bits per heavy atom. The van der Waals surface area contributed by atoms with E-state index in [0.29, 0.717) is 36.8 Å². The van der Waals surface area contributed by atoms with Crippen molar-refractivity contribution in [2.24, 2.45) is 11.8 Å². The molecule has 66 heavy (non-hydrogen) atoms. The van der Waals surface area contributed by atoms with Crippen molar-refractivity contribution in [3.63, 3.8) is 0 Å². The number of amides is 5. The van der Waals surface area contributed by atoms with Crippen LogP contribution in [0.2, 0.25) is 0 Å². The number of benzene rings is 3. The largest absolute Gasteiger partial charge is 0.403 e. The van der Waals surface area contributed by atoms with Gasteiger partial charge in [0.25, 0.3) is 5.91 Å². The van der Waals surface area contributed by atoms with Gasteiger partial charge in [-0.1, -0.05) is 137 Å². The second-order valence-corrected chi connectivity index (χ2v) is 18.8. The third-order valence-electron chi connectivity index (χ3n) is 14.0. The first-order valence-electron chi connectivity index (χ1n) is 24.6. The fourth-order valence-corrected chi connectivity index (χ4v) is 9.84. The lowest BCUT2D eigenvalue weighted by Gasteiger charge is -2.18. The summed E-state index contributed by atoms with van der Waals surface area (Å²) in [4.78, 5) is 58.2. The molecule has 2 aliphatic carbocycles. The van der Waals surface area contributed by atoms with Crippen LogP contribution >= 0.6 is 0 Å². The van der Waals surface area contributed by atoms with Crippen molar-refractivity contribution in [3.05, 3.63) is 102 Å². The van der Waals surface area contributed by atoms with Gasteiger partial charge in [-0.05, 0) is 54.7 Å². The summed E-state index contributed by atoms with van der Waals surface area (Å²) in [7, 11) is 1.63. The molecule has 8 atom stereocenters. The van der Waals surface area contributed by atoms with Crippen molar-refractivity contribution >= 4 is 29.8 Å². The number of nitrogens with zero attached hydrogens (tertiary/aromatic N) is 4. The van der Waals surface area contributed by atoms with E-state index in [2.05, 4.69) is 62.7 Å². The number of carbonyl (C=O) groups excluding carboxylic acids is 4. The Morgan fingerprint density at radius 2 is 1.18 bits per heavy atom. The molecule has 8 rings (SSSR count). The van der Waals surface area contributed by atoms with Gasteiger partial charge in [0, 0.05) is 68.3 Å². The van der Waals surface area contributed by atoms with Gasteiger partial charge in [-0.3, -0.25) is 14.4 Å². The molecule has 0 radical (unpaired) electrons. The molecule has 2 aliphatic heterocycles. The predicted octanol–water partition coefficient (Wildman–Crippen LogP) is 7.58. The van der Waals surface area contributed by atoms with Gasteiger partial charge in [0.1, 0.15) is 0 Å². The molecule has 4 N–H and O–H groups in total. The van der Waals surface area contributed by atoms with E-state index in [4.69, 9.17) is 9.15 Å². The van der Waals surface area contributed by atoms with Crippen LogP contribution in [0.4, 0.5) is 10.8 Å². The number of carbonyl (C=O) groups is 4. The first-order chi connectivity index (χ1) is 32.3. The minimum absolute atomic E-state index is 0.00211. The molecular formula is C52H68N8O6. The molecule has 14 heteroatoms. The number of methoxy groups -OCH3 is 1. The number of nitrogens with one attached hydrogen (secondary N) is 4. The molecule has 0 unspecified atom stereocenters. The van der Waals surface area contributed by atoms with Crippen molar-refractivity contribution < 1.29 is 28.3 Å². The van der Waals surface area contributed by atoms with Gasteiger partial charge in [-0.15, -0.1) is 5.10 Å². The fraction of sp³-hybridized carbons (Fsp3) is 0.538. The van der Waals surface area contributed by atoms with Crippen LogP contribution < -0.4 is 26.2 Å². The lowest BCUT2D eigenvalue weighted by molar-refractivity contribution is -0.133. The number of ether oxygens (including phenoxy) is 1. The van der Waals surface area contributed by atoms with Crippen LogP contribution in [0.3, 0.4) is 0 Å². The maximum atomic E-state index is 14.0. The van der Waals surface area contributed by atoms with Crippen LogP contribution in [-0.4, -0.2) is 103 Å². The summed E-state index contributed by atoms with van der Waals surface area (Å²) in [5.74, 6) is -1.23. The molecule has 0 bridgehead atoms. The van der Waals surface area contributed by atoms with E-state index in [1.165, 1.54) is 68.9 Å². The molecule has 0 spiro atoms. The van der Waals surface area contributed by atoms with E-state index in [-0.39, 0.29) is 78.8 Å². The highest BCUT2D eigenvalue weighted by Gasteiger charge is 2.49. The van der Waals surface area contributed by atoms with Gasteiger partial charge < -0.3 is 40.2 Å². The minimum atomic E-state index is -0.678. The summed E-state index contributed by atoms with van der Waals surface area (Å²) in [6.07, 6.45) is 15.3. The quantitative estimate of drug-likeness (QED) is 0.0548. The maximum Gasteiger partial charge on any atom is 0.318 e. The minimum Gasteiger partial charge on any atom is -0.403 e. The van der Waals surface area contributed by atoms with Crippen LogP contribution in [0.15, 0.2) is 89.3 Å². The number of hydrogen-bond acceptors (Lipinski definition) is 9. The number of anilines is 1. The molecule has 2 saturated carbocycles. The van der Waals surface area contributed by atoms with Gasteiger partial charge in [-0.2, -0.15) is 0 Å². The predicted molar refractivity (Wildman–Crippen MR) is 254 cm³/mol. The Hall–Kier alpha value is -5.76. The summed E-state index contributed by atoms with van der Waals surface area (Å²) in [6, 6.07) is 27.0. The third kappa shape index (κ3) is 12.2. The number of hydrogen-bond donors (Lipinski definition) is 4. The second-order valence-electron chi connectivity index (χ2n) is 18.8. The van der Waals surface area contributed by atoms with E-state index < -0.39 is 11.8 Å². The van der Waals surface area contributed by atoms with Crippen LogP contribution in [0.1, 0.15) is 124 Å². The Morgan fingerprint density at radius 1 is 0.636 bits per heavy atom. The first-order valence-corrected chi connectivity index (χ1v) is 24.6. The number of unbranched alkanes of at least 4 members (excludes halogenated alkanes) is 10. The summed E-state index contributed by atoms with van der Waals surface area (Å²) >= 11 is 0. The Bertz CT molecular complexity index is 2130. The molecule has 14 nitrogen and oxygen atoms in total. The van der Waals surface area contributed by atoms with Crippen LogP contribution in [0.25, 0.3) is 11.5 Å². The second kappa shape index (κ2) is 22.6. The smallest absolute Gasteiger partial charge is 0.318 e. The molecule has 3 heterocycles. The first kappa shape index (κ1) is 46.8. The average Bonchev–Trinajstić information content (AvgIpc) is 4.07. The molecule has 3 aromatic carbocycles. The zero-order valence-electron chi connectivity index (χ0n) is 38.7. The van der Waals surface area contributed by atoms with Crippen LogP contribution in [0, 0.1) is 11.8 Å². The molecule has 4 aromatic rings. The normalized spacial score (nSPS) is 24.2. The highest BCUT2D eigenvalue weighted by atomic mass is 16.5. The van der Waals surface area contributed by atoms with Crippen molar-refractivity contribution in [2.45, 2.75) is 126 Å². The van der Waals surface area contributed by atoms with Gasteiger partial charge >= 0.3 is 12.0 Å². The van der Waals surface area contributed by atoms with E-state index in [1.807, 2.05) is 41.3 Å². The van der Waals surface area contributed by atoms with Crippen molar-refractivity contribution in [1.82, 2.24) is 36.4 Å². The molecule has 4 fully saturated rings.